The fourth-order valence-electron chi connectivity index (χ4n) is 4.42. The molecule has 0 unspecified atom stereocenters. The second-order valence-electron chi connectivity index (χ2n) is 8.70. The van der Waals surface area contributed by atoms with E-state index in [0.29, 0.717) is 6.61 Å². The molecule has 11 heteroatoms. The third kappa shape index (κ3) is 5.93. The smallest absolute Gasteiger partial charge is 0.335 e. The third-order valence-corrected chi connectivity index (χ3v) is 7.27. The fourth-order valence-corrected chi connectivity index (χ4v) is 5.23. The highest BCUT2D eigenvalue weighted by molar-refractivity contribution is 7.17. The molecule has 10 nitrogen and oxygen atoms in total. The molecule has 1 fully saturated rings. The minimum absolute atomic E-state index is 0.249. The summed E-state index contributed by atoms with van der Waals surface area (Å²) in [7, 11) is 0. The van der Waals surface area contributed by atoms with Gasteiger partial charge in [-0.25, -0.2) is 4.79 Å². The summed E-state index contributed by atoms with van der Waals surface area (Å²) in [6, 6.07) is 12.4. The lowest BCUT2D eigenvalue weighted by molar-refractivity contribution is -0.386. The van der Waals surface area contributed by atoms with Gasteiger partial charge in [0, 0.05) is 42.0 Å². The van der Waals surface area contributed by atoms with Crippen molar-refractivity contribution in [2.45, 2.75) is 25.0 Å². The van der Waals surface area contributed by atoms with Crippen molar-refractivity contribution in [2.24, 2.45) is 0 Å². The van der Waals surface area contributed by atoms with Crippen LogP contribution in [0.4, 0.5) is 11.4 Å². The van der Waals surface area contributed by atoms with E-state index in [2.05, 4.69) is 39.4 Å². The maximum atomic E-state index is 11.4. The summed E-state index contributed by atoms with van der Waals surface area (Å²) < 4.78 is 6.96. The van der Waals surface area contributed by atoms with Crippen LogP contribution in [-0.2, 0) is 4.79 Å². The summed E-state index contributed by atoms with van der Waals surface area (Å²) in [5, 5.41) is 43.2. The van der Waals surface area contributed by atoms with Crippen LogP contribution in [0.5, 0.6) is 5.75 Å². The Morgan fingerprint density at radius 2 is 1.89 bits per heavy atom. The second-order valence-corrected chi connectivity index (χ2v) is 9.65. The molecular formula is C25H29N3O7S. The Labute approximate surface area is 212 Å². The van der Waals surface area contributed by atoms with Crippen molar-refractivity contribution < 1.29 is 29.8 Å². The zero-order chi connectivity index (χ0) is 25.7. The van der Waals surface area contributed by atoms with Crippen LogP contribution in [0.15, 0.2) is 47.8 Å². The van der Waals surface area contributed by atoms with Gasteiger partial charge in [0.2, 0.25) is 0 Å². The first kappa shape index (κ1) is 25.8. The number of hydrogen-bond acceptors (Lipinski definition) is 9. The van der Waals surface area contributed by atoms with Crippen LogP contribution in [0.1, 0.15) is 24.5 Å². The second kappa shape index (κ2) is 11.7. The molecule has 2 aromatic carbocycles. The number of piperazine rings is 1. The van der Waals surface area contributed by atoms with Crippen molar-refractivity contribution in [1.82, 2.24) is 4.90 Å². The minimum Gasteiger partial charge on any atom is -0.493 e. The minimum atomic E-state index is -2.17. The van der Waals surface area contributed by atoms with Crippen LogP contribution < -0.4 is 9.64 Å². The Hall–Kier alpha value is -3.25. The van der Waals surface area contributed by atoms with E-state index in [-0.39, 0.29) is 11.3 Å². The first-order chi connectivity index (χ1) is 17.3. The van der Waals surface area contributed by atoms with Gasteiger partial charge in [-0.05, 0) is 55.1 Å². The van der Waals surface area contributed by atoms with Gasteiger partial charge in [0.05, 0.1) is 23.2 Å². The van der Waals surface area contributed by atoms with Gasteiger partial charge in [-0.15, -0.1) is 11.3 Å². The predicted molar refractivity (Wildman–Crippen MR) is 137 cm³/mol. The van der Waals surface area contributed by atoms with E-state index in [9.17, 15) is 25.1 Å². The number of rotatable bonds is 11. The topological polar surface area (TPSA) is 137 Å². The van der Waals surface area contributed by atoms with Crippen LogP contribution in [0, 0.1) is 10.1 Å². The van der Waals surface area contributed by atoms with E-state index in [1.807, 2.05) is 0 Å². The summed E-state index contributed by atoms with van der Waals surface area (Å²) in [6.07, 6.45) is -2.40. The monoisotopic (exact) mass is 515 g/mol. The number of hydrogen-bond donors (Lipinski definition) is 3. The van der Waals surface area contributed by atoms with Crippen molar-refractivity contribution in [3.8, 4) is 5.75 Å². The molecule has 0 saturated carbocycles. The van der Waals surface area contributed by atoms with Gasteiger partial charge >= 0.3 is 5.97 Å². The Kier molecular flexibility index (Phi) is 8.36. The number of nitro benzene ring substituents is 1. The number of benzene rings is 2. The van der Waals surface area contributed by atoms with Crippen molar-refractivity contribution in [1.29, 1.82) is 0 Å². The molecule has 1 aliphatic heterocycles. The summed E-state index contributed by atoms with van der Waals surface area (Å²) in [5.74, 6) is -1.42. The standard InChI is InChI=1S/C25H29N3O7S/c29-23(24(30)25(31)32)19-7-6-17(16-21(19)28(33)34)35-14-2-1-9-26-10-12-27(13-11-26)20-4-3-5-22-18(20)8-15-36-22/h3-8,15-16,23-24,29-30H,1-2,9-14H2,(H,31,32)/t23-,24-/m1/s1. The van der Waals surface area contributed by atoms with Crippen molar-refractivity contribution >= 4 is 38.8 Å². The number of fused-ring (bicyclic) bond motifs is 1. The molecule has 36 heavy (non-hydrogen) atoms. The van der Waals surface area contributed by atoms with Gasteiger partial charge in [0.25, 0.3) is 5.69 Å². The van der Waals surface area contributed by atoms with Crippen molar-refractivity contribution in [3.05, 3.63) is 63.5 Å². The molecule has 1 aromatic heterocycles. The number of thiophene rings is 1. The number of carbonyl (C=O) groups is 1. The van der Waals surface area contributed by atoms with Gasteiger partial charge in [-0.2, -0.15) is 0 Å². The molecule has 1 aliphatic rings. The molecule has 0 spiro atoms. The number of ether oxygens (including phenoxy) is 1. The lowest BCUT2D eigenvalue weighted by Gasteiger charge is -2.36. The SMILES string of the molecule is O=C(O)[C@H](O)[C@H](O)c1ccc(OCCCCN2CCN(c3cccc4sccc34)CC2)cc1[N+](=O)[O-]. The molecule has 3 N–H and O–H groups in total. The van der Waals surface area contributed by atoms with Gasteiger partial charge < -0.3 is 25.0 Å². The van der Waals surface area contributed by atoms with Gasteiger partial charge in [-0.3, -0.25) is 15.0 Å². The maximum absolute atomic E-state index is 11.4. The molecule has 192 valence electrons. The average molecular weight is 516 g/mol. The molecule has 1 saturated heterocycles. The number of unbranched alkanes of at least 4 members (excludes halogenated alkanes) is 1. The van der Waals surface area contributed by atoms with Crippen LogP contribution in [-0.4, -0.2) is 76.5 Å². The number of carboxylic acids is 1. The fraction of sp³-hybridized carbons (Fsp3) is 0.400. The normalized spacial score (nSPS) is 16.1. The Bertz CT molecular complexity index is 1210. The van der Waals surface area contributed by atoms with E-state index in [1.165, 1.54) is 27.9 Å². The lowest BCUT2D eigenvalue weighted by atomic mass is 10.0. The number of aliphatic hydroxyl groups is 2. The first-order valence-corrected chi connectivity index (χ1v) is 12.7. The number of nitrogens with zero attached hydrogens (tertiary/aromatic N) is 3. The number of aliphatic hydroxyl groups excluding tert-OH is 2. The van der Waals surface area contributed by atoms with Crippen LogP contribution in [0.25, 0.3) is 10.1 Å². The molecular weight excluding hydrogens is 486 g/mol. The van der Waals surface area contributed by atoms with Crippen molar-refractivity contribution in [3.63, 3.8) is 0 Å². The van der Waals surface area contributed by atoms with E-state index in [4.69, 9.17) is 9.84 Å². The number of carboxylic acid groups (broad SMARTS) is 1. The molecule has 3 aromatic rings. The quantitative estimate of drug-likeness (QED) is 0.200. The number of aliphatic carboxylic acids is 1. The third-order valence-electron chi connectivity index (χ3n) is 6.39. The zero-order valence-corrected chi connectivity index (χ0v) is 20.5. The summed E-state index contributed by atoms with van der Waals surface area (Å²) in [4.78, 5) is 26.4. The predicted octanol–water partition coefficient (Wildman–Crippen LogP) is 3.27. The Morgan fingerprint density at radius 3 is 2.61 bits per heavy atom. The number of anilines is 1. The Balaban J connectivity index is 1.21. The number of nitro groups is 1. The first-order valence-electron chi connectivity index (χ1n) is 11.8. The molecule has 0 radical (unpaired) electrons. The van der Waals surface area contributed by atoms with Gasteiger partial charge in [0.15, 0.2) is 6.10 Å². The summed E-state index contributed by atoms with van der Waals surface area (Å²) in [5.41, 5.74) is 0.514. The van der Waals surface area contributed by atoms with Crippen LogP contribution in [0.2, 0.25) is 0 Å². The molecule has 2 atom stereocenters. The maximum Gasteiger partial charge on any atom is 0.335 e. The van der Waals surface area contributed by atoms with Crippen molar-refractivity contribution in [2.75, 3.05) is 44.2 Å². The summed E-state index contributed by atoms with van der Waals surface area (Å²) >= 11 is 1.76. The van der Waals surface area contributed by atoms with Gasteiger partial charge in [0.1, 0.15) is 11.9 Å². The lowest BCUT2D eigenvalue weighted by Crippen LogP contribution is -2.46. The van der Waals surface area contributed by atoms with Gasteiger partial charge in [-0.1, -0.05) is 6.07 Å². The van der Waals surface area contributed by atoms with E-state index < -0.39 is 28.8 Å². The highest BCUT2D eigenvalue weighted by atomic mass is 32.1. The van der Waals surface area contributed by atoms with E-state index >= 15 is 0 Å². The average Bonchev–Trinajstić information content (AvgIpc) is 3.37. The largest absolute Gasteiger partial charge is 0.493 e. The van der Waals surface area contributed by atoms with Crippen LogP contribution in [0.3, 0.4) is 0 Å². The molecule has 0 amide bonds. The van der Waals surface area contributed by atoms with E-state index in [0.717, 1.165) is 51.6 Å². The van der Waals surface area contributed by atoms with Crippen LogP contribution >= 0.6 is 11.3 Å². The summed E-state index contributed by atoms with van der Waals surface area (Å²) in [6.45, 7) is 5.24. The molecule has 2 heterocycles. The molecule has 0 aliphatic carbocycles. The van der Waals surface area contributed by atoms with E-state index in [1.54, 1.807) is 11.3 Å². The molecule has 0 bridgehead atoms. The highest BCUT2D eigenvalue weighted by Gasteiger charge is 2.31. The highest BCUT2D eigenvalue weighted by Crippen LogP contribution is 2.32. The molecule has 4 rings (SSSR count). The Morgan fingerprint density at radius 1 is 1.11 bits per heavy atom. The zero-order valence-electron chi connectivity index (χ0n) is 19.7.